The standard InChI is InChI=1S/C10H16O4.2K/c1-2-3-4-5-6-8(10(13)14)7-9(11)12;;/h5-6,8H,2-4,7H2,1H3,(H,11,12)(H,13,14);;/q;2*+1/p-2. The average Bonchev–Trinajstić information content (AvgIpc) is 2.09. The van der Waals surface area contributed by atoms with Crippen LogP contribution in [-0.2, 0) is 9.59 Å². The quantitative estimate of drug-likeness (QED) is 0.263. The second kappa shape index (κ2) is 15.0. The first-order valence-corrected chi connectivity index (χ1v) is 4.65. The summed E-state index contributed by atoms with van der Waals surface area (Å²) in [5, 5.41) is 20.6. The molecule has 0 aliphatic heterocycles. The van der Waals surface area contributed by atoms with E-state index in [1.165, 1.54) is 6.08 Å². The molecule has 0 heterocycles. The van der Waals surface area contributed by atoms with Gasteiger partial charge in [0.1, 0.15) is 0 Å². The van der Waals surface area contributed by atoms with E-state index < -0.39 is 24.3 Å². The summed E-state index contributed by atoms with van der Waals surface area (Å²) in [6.45, 7) is 2.02. The second-order valence-corrected chi connectivity index (χ2v) is 3.07. The molecule has 0 amide bonds. The third kappa shape index (κ3) is 14.0. The average molecular weight is 276 g/mol. The van der Waals surface area contributed by atoms with E-state index in [9.17, 15) is 19.8 Å². The van der Waals surface area contributed by atoms with Crippen molar-refractivity contribution < 1.29 is 123 Å². The van der Waals surface area contributed by atoms with Crippen LogP contribution >= 0.6 is 0 Å². The van der Waals surface area contributed by atoms with E-state index in [2.05, 4.69) is 0 Å². The number of unbranched alkanes of at least 4 members (excludes halogenated alkanes) is 2. The van der Waals surface area contributed by atoms with Crippen LogP contribution in [0.5, 0.6) is 0 Å². The first kappa shape index (κ1) is 23.1. The van der Waals surface area contributed by atoms with Gasteiger partial charge in [-0.05, 0) is 12.8 Å². The van der Waals surface area contributed by atoms with Crippen LogP contribution in [0.25, 0.3) is 0 Å². The van der Waals surface area contributed by atoms with Crippen molar-refractivity contribution in [3.63, 3.8) is 0 Å². The van der Waals surface area contributed by atoms with Crippen LogP contribution in [0, 0.1) is 5.92 Å². The molecule has 0 spiro atoms. The number of carbonyl (C=O) groups excluding carboxylic acids is 2. The van der Waals surface area contributed by atoms with Crippen LogP contribution in [0.4, 0.5) is 0 Å². The monoisotopic (exact) mass is 276 g/mol. The van der Waals surface area contributed by atoms with Crippen molar-refractivity contribution >= 4 is 11.9 Å². The molecule has 0 saturated carbocycles. The van der Waals surface area contributed by atoms with E-state index in [4.69, 9.17) is 0 Å². The van der Waals surface area contributed by atoms with Crippen molar-refractivity contribution in [2.75, 3.05) is 0 Å². The zero-order chi connectivity index (χ0) is 11.0. The molecule has 0 aromatic heterocycles. The van der Waals surface area contributed by atoms with Gasteiger partial charge < -0.3 is 19.8 Å². The molecule has 80 valence electrons. The Bertz CT molecular complexity index is 229. The summed E-state index contributed by atoms with van der Waals surface area (Å²) in [5.74, 6) is -3.82. The van der Waals surface area contributed by atoms with E-state index in [1.54, 1.807) is 6.08 Å². The van der Waals surface area contributed by atoms with E-state index in [1.807, 2.05) is 6.92 Å². The van der Waals surface area contributed by atoms with Gasteiger partial charge >= 0.3 is 103 Å². The Hall–Kier alpha value is 1.95. The summed E-state index contributed by atoms with van der Waals surface area (Å²) in [6, 6.07) is 0. The molecule has 0 bridgehead atoms. The number of carbonyl (C=O) groups is 2. The van der Waals surface area contributed by atoms with Gasteiger partial charge in [0.15, 0.2) is 0 Å². The summed E-state index contributed by atoms with van der Waals surface area (Å²) in [4.78, 5) is 20.6. The third-order valence-corrected chi connectivity index (χ3v) is 1.78. The summed E-state index contributed by atoms with van der Waals surface area (Å²) < 4.78 is 0. The Morgan fingerprint density at radius 3 is 2.19 bits per heavy atom. The summed E-state index contributed by atoms with van der Waals surface area (Å²) >= 11 is 0. The van der Waals surface area contributed by atoms with Crippen LogP contribution in [-0.4, -0.2) is 11.9 Å². The molecular weight excluding hydrogens is 262 g/mol. The Morgan fingerprint density at radius 2 is 1.81 bits per heavy atom. The number of hydrogen-bond donors (Lipinski definition) is 0. The van der Waals surface area contributed by atoms with E-state index in [-0.39, 0.29) is 103 Å². The Kier molecular flexibility index (Phi) is 21.7. The summed E-state index contributed by atoms with van der Waals surface area (Å²) in [7, 11) is 0. The molecule has 1 unspecified atom stereocenters. The van der Waals surface area contributed by atoms with Crippen molar-refractivity contribution in [3.05, 3.63) is 12.2 Å². The van der Waals surface area contributed by atoms with Crippen molar-refractivity contribution in [1.29, 1.82) is 0 Å². The Balaban J connectivity index is -0.000000845. The van der Waals surface area contributed by atoms with Crippen LogP contribution in [0.2, 0.25) is 0 Å². The van der Waals surface area contributed by atoms with Crippen LogP contribution in [0.15, 0.2) is 12.2 Å². The van der Waals surface area contributed by atoms with Gasteiger partial charge in [0, 0.05) is 17.9 Å². The van der Waals surface area contributed by atoms with E-state index in [0.29, 0.717) is 0 Å². The molecule has 16 heavy (non-hydrogen) atoms. The molecule has 0 N–H and O–H groups in total. The number of hydrogen-bond acceptors (Lipinski definition) is 4. The fourth-order valence-electron chi connectivity index (χ4n) is 0.992. The van der Waals surface area contributed by atoms with Crippen LogP contribution < -0.4 is 113 Å². The molecule has 0 saturated heterocycles. The maximum atomic E-state index is 10.4. The minimum atomic E-state index is -1.38. The van der Waals surface area contributed by atoms with Crippen LogP contribution in [0.1, 0.15) is 32.6 Å². The number of aliphatic carboxylic acids is 2. The zero-order valence-corrected chi connectivity index (χ0v) is 16.4. The van der Waals surface area contributed by atoms with Crippen molar-refractivity contribution in [2.45, 2.75) is 32.6 Å². The summed E-state index contributed by atoms with van der Waals surface area (Å²) in [5.41, 5.74) is 0. The Morgan fingerprint density at radius 1 is 1.25 bits per heavy atom. The normalized spacial score (nSPS) is 11.3. The van der Waals surface area contributed by atoms with Gasteiger partial charge in [0.25, 0.3) is 0 Å². The summed E-state index contributed by atoms with van der Waals surface area (Å²) in [6.07, 6.45) is 5.24. The molecule has 0 aliphatic carbocycles. The molecule has 1 atom stereocenters. The minimum absolute atomic E-state index is 0. The number of carboxylic acids is 2. The predicted molar refractivity (Wildman–Crippen MR) is 46.8 cm³/mol. The molecule has 0 fully saturated rings. The van der Waals surface area contributed by atoms with Gasteiger partial charge in [-0.25, -0.2) is 0 Å². The largest absolute Gasteiger partial charge is 1.00 e. The number of rotatable bonds is 7. The van der Waals surface area contributed by atoms with Gasteiger partial charge in [-0.1, -0.05) is 31.9 Å². The topological polar surface area (TPSA) is 80.3 Å². The van der Waals surface area contributed by atoms with Gasteiger partial charge in [0.2, 0.25) is 0 Å². The van der Waals surface area contributed by atoms with E-state index >= 15 is 0 Å². The maximum absolute atomic E-state index is 10.4. The van der Waals surface area contributed by atoms with Gasteiger partial charge in [-0.15, -0.1) is 0 Å². The molecule has 6 heteroatoms. The van der Waals surface area contributed by atoms with E-state index in [0.717, 1.165) is 19.3 Å². The van der Waals surface area contributed by atoms with Gasteiger partial charge in [0.05, 0.1) is 0 Å². The molecule has 0 radical (unpaired) electrons. The van der Waals surface area contributed by atoms with Gasteiger partial charge in [-0.3, -0.25) is 0 Å². The molecule has 0 aliphatic rings. The molecule has 4 nitrogen and oxygen atoms in total. The number of allylic oxidation sites excluding steroid dienone is 1. The zero-order valence-electron chi connectivity index (χ0n) is 10.2. The number of carboxylic acid groups (broad SMARTS) is 2. The fraction of sp³-hybridized carbons (Fsp3) is 0.600. The fourth-order valence-corrected chi connectivity index (χ4v) is 0.992. The van der Waals surface area contributed by atoms with Crippen molar-refractivity contribution in [3.8, 4) is 0 Å². The molecule has 0 rings (SSSR count). The first-order valence-electron chi connectivity index (χ1n) is 4.65. The smallest absolute Gasteiger partial charge is 0.550 e. The Labute approximate surface area is 181 Å². The van der Waals surface area contributed by atoms with Crippen LogP contribution in [0.3, 0.4) is 0 Å². The third-order valence-electron chi connectivity index (χ3n) is 1.78. The minimum Gasteiger partial charge on any atom is -0.550 e. The molecular formula is C10H14K2O4. The maximum Gasteiger partial charge on any atom is 1.00 e. The first-order chi connectivity index (χ1) is 6.57. The van der Waals surface area contributed by atoms with Gasteiger partial charge in [-0.2, -0.15) is 0 Å². The molecule has 0 aromatic carbocycles. The second-order valence-electron chi connectivity index (χ2n) is 3.07. The van der Waals surface area contributed by atoms with Crippen molar-refractivity contribution in [1.82, 2.24) is 0 Å². The predicted octanol–water partition coefficient (Wildman–Crippen LogP) is -6.75. The van der Waals surface area contributed by atoms with Crippen molar-refractivity contribution in [2.24, 2.45) is 5.92 Å². The SMILES string of the molecule is CCCCC=CC(CC(=O)[O-])C(=O)[O-].[K+].[K+]. The molecule has 0 aromatic rings.